The van der Waals surface area contributed by atoms with Gasteiger partial charge >= 0.3 is 0 Å². The van der Waals surface area contributed by atoms with E-state index in [0.717, 1.165) is 38.2 Å². The quantitative estimate of drug-likeness (QED) is 0.582. The van der Waals surface area contributed by atoms with Gasteiger partial charge in [0, 0.05) is 24.7 Å². The van der Waals surface area contributed by atoms with Crippen LogP contribution in [0.3, 0.4) is 0 Å². The number of aromatic nitrogens is 1. The van der Waals surface area contributed by atoms with E-state index < -0.39 is 0 Å². The summed E-state index contributed by atoms with van der Waals surface area (Å²) in [4.78, 5) is 4.44. The van der Waals surface area contributed by atoms with Crippen LogP contribution in [0.2, 0.25) is 0 Å². The monoisotopic (exact) mass is 256 g/mol. The highest BCUT2D eigenvalue weighted by Gasteiger charge is 2.00. The van der Waals surface area contributed by atoms with E-state index in [1.807, 2.05) is 18.3 Å². The fourth-order valence-corrected chi connectivity index (χ4v) is 1.95. The molecule has 19 heavy (non-hydrogen) atoms. The second-order valence-corrected chi connectivity index (χ2v) is 4.36. The molecule has 0 saturated heterocycles. The number of rotatable bonds is 8. The molecule has 2 rings (SSSR count). The van der Waals surface area contributed by atoms with E-state index >= 15 is 0 Å². The second kappa shape index (κ2) is 7.67. The summed E-state index contributed by atoms with van der Waals surface area (Å²) in [5.41, 5.74) is 2.30. The van der Waals surface area contributed by atoms with Gasteiger partial charge in [0.25, 0.3) is 0 Å². The summed E-state index contributed by atoms with van der Waals surface area (Å²) in [5, 5.41) is 4.56. The van der Waals surface area contributed by atoms with E-state index in [0.29, 0.717) is 0 Å². The number of nitrogens with one attached hydrogen (secondary N) is 1. The van der Waals surface area contributed by atoms with Crippen molar-refractivity contribution in [1.82, 2.24) is 10.3 Å². The standard InChI is InChI=1S/C16H20N2O/c1-2-3-11-19-12-10-17-13-15-7-4-6-14-8-5-9-18-16(14)15/h2,4-9,17H,1,3,10-13H2. The van der Waals surface area contributed by atoms with Crippen molar-refractivity contribution in [3.63, 3.8) is 0 Å². The lowest BCUT2D eigenvalue weighted by Crippen LogP contribution is -2.19. The summed E-state index contributed by atoms with van der Waals surface area (Å²) in [6.45, 7) is 6.81. The van der Waals surface area contributed by atoms with E-state index in [1.54, 1.807) is 0 Å². The first-order valence-electron chi connectivity index (χ1n) is 6.64. The van der Waals surface area contributed by atoms with Crippen LogP contribution in [0.1, 0.15) is 12.0 Å². The predicted octanol–water partition coefficient (Wildman–Crippen LogP) is 2.92. The number of ether oxygens (including phenoxy) is 1. The summed E-state index contributed by atoms with van der Waals surface area (Å²) >= 11 is 0. The van der Waals surface area contributed by atoms with Crippen LogP contribution < -0.4 is 5.32 Å². The summed E-state index contributed by atoms with van der Waals surface area (Å²) in [5.74, 6) is 0. The minimum atomic E-state index is 0.728. The first-order chi connectivity index (χ1) is 9.42. The highest BCUT2D eigenvalue weighted by Crippen LogP contribution is 2.15. The van der Waals surface area contributed by atoms with E-state index in [-0.39, 0.29) is 0 Å². The van der Waals surface area contributed by atoms with Crippen LogP contribution in [0.15, 0.2) is 49.2 Å². The summed E-state index contributed by atoms with van der Waals surface area (Å²) in [7, 11) is 0. The van der Waals surface area contributed by atoms with Gasteiger partial charge < -0.3 is 10.1 Å². The Hall–Kier alpha value is -1.71. The zero-order valence-corrected chi connectivity index (χ0v) is 11.1. The molecule has 0 aliphatic carbocycles. The van der Waals surface area contributed by atoms with Crippen LogP contribution in [-0.4, -0.2) is 24.7 Å². The Morgan fingerprint density at radius 2 is 2.11 bits per heavy atom. The van der Waals surface area contributed by atoms with Crippen molar-refractivity contribution in [3.05, 3.63) is 54.7 Å². The molecular formula is C16H20N2O. The zero-order valence-electron chi connectivity index (χ0n) is 11.1. The molecule has 0 unspecified atom stereocenters. The van der Waals surface area contributed by atoms with Gasteiger partial charge in [-0.05, 0) is 18.1 Å². The van der Waals surface area contributed by atoms with Crippen molar-refractivity contribution < 1.29 is 4.74 Å². The maximum atomic E-state index is 5.45. The fraction of sp³-hybridized carbons (Fsp3) is 0.312. The molecule has 1 N–H and O–H groups in total. The third kappa shape index (κ3) is 4.16. The number of pyridine rings is 1. The molecule has 100 valence electrons. The van der Waals surface area contributed by atoms with Crippen LogP contribution in [0, 0.1) is 0 Å². The van der Waals surface area contributed by atoms with E-state index in [9.17, 15) is 0 Å². The average Bonchev–Trinajstić information content (AvgIpc) is 2.46. The summed E-state index contributed by atoms with van der Waals surface area (Å²) in [6.07, 6.45) is 4.62. The second-order valence-electron chi connectivity index (χ2n) is 4.36. The Morgan fingerprint density at radius 3 is 3.00 bits per heavy atom. The van der Waals surface area contributed by atoms with Crippen molar-refractivity contribution in [1.29, 1.82) is 0 Å². The number of fused-ring (bicyclic) bond motifs is 1. The minimum absolute atomic E-state index is 0.728. The molecule has 3 heteroatoms. The van der Waals surface area contributed by atoms with E-state index in [4.69, 9.17) is 4.74 Å². The Kier molecular flexibility index (Phi) is 5.53. The predicted molar refractivity (Wildman–Crippen MR) is 79.1 cm³/mol. The molecule has 3 nitrogen and oxygen atoms in total. The SMILES string of the molecule is C=CCCOCCNCc1cccc2cccnc12. The molecule has 0 bridgehead atoms. The molecule has 0 fully saturated rings. The lowest BCUT2D eigenvalue weighted by Gasteiger charge is -2.07. The summed E-state index contributed by atoms with van der Waals surface area (Å²) < 4.78 is 5.45. The Bertz CT molecular complexity index is 520. The van der Waals surface area contributed by atoms with Crippen molar-refractivity contribution in [2.75, 3.05) is 19.8 Å². The number of hydrogen-bond acceptors (Lipinski definition) is 3. The van der Waals surface area contributed by atoms with E-state index in [1.165, 1.54) is 10.9 Å². The van der Waals surface area contributed by atoms with Crippen LogP contribution in [0.25, 0.3) is 10.9 Å². The average molecular weight is 256 g/mol. The third-order valence-electron chi connectivity index (χ3n) is 2.92. The van der Waals surface area contributed by atoms with Gasteiger partial charge in [0.05, 0.1) is 18.7 Å². The molecule has 1 aromatic carbocycles. The van der Waals surface area contributed by atoms with Gasteiger partial charge in [-0.2, -0.15) is 0 Å². The molecule has 0 aliphatic rings. The molecule has 0 aliphatic heterocycles. The van der Waals surface area contributed by atoms with E-state index in [2.05, 4.69) is 41.1 Å². The Balaban J connectivity index is 1.80. The molecule has 0 saturated carbocycles. The van der Waals surface area contributed by atoms with Crippen LogP contribution in [-0.2, 0) is 11.3 Å². The Labute approximate surface area is 114 Å². The topological polar surface area (TPSA) is 34.1 Å². The fourth-order valence-electron chi connectivity index (χ4n) is 1.95. The molecule has 0 atom stereocenters. The zero-order chi connectivity index (χ0) is 13.3. The first kappa shape index (κ1) is 13.7. The van der Waals surface area contributed by atoms with Crippen LogP contribution in [0.4, 0.5) is 0 Å². The van der Waals surface area contributed by atoms with Crippen molar-refractivity contribution >= 4 is 10.9 Å². The smallest absolute Gasteiger partial charge is 0.0746 e. The highest BCUT2D eigenvalue weighted by molar-refractivity contribution is 5.81. The third-order valence-corrected chi connectivity index (χ3v) is 2.92. The molecular weight excluding hydrogens is 236 g/mol. The number of hydrogen-bond donors (Lipinski definition) is 1. The van der Waals surface area contributed by atoms with Crippen molar-refractivity contribution in [3.8, 4) is 0 Å². The number of nitrogens with zero attached hydrogens (tertiary/aromatic N) is 1. The molecule has 2 aromatic rings. The first-order valence-corrected chi connectivity index (χ1v) is 6.64. The van der Waals surface area contributed by atoms with Gasteiger partial charge in [-0.15, -0.1) is 6.58 Å². The number of para-hydroxylation sites is 1. The van der Waals surface area contributed by atoms with Gasteiger partial charge in [0.1, 0.15) is 0 Å². The molecule has 0 spiro atoms. The van der Waals surface area contributed by atoms with Gasteiger partial charge in [0.15, 0.2) is 0 Å². The highest BCUT2D eigenvalue weighted by atomic mass is 16.5. The maximum Gasteiger partial charge on any atom is 0.0746 e. The normalized spacial score (nSPS) is 10.7. The van der Waals surface area contributed by atoms with Gasteiger partial charge in [-0.1, -0.05) is 30.3 Å². The van der Waals surface area contributed by atoms with Crippen LogP contribution in [0.5, 0.6) is 0 Å². The van der Waals surface area contributed by atoms with Gasteiger partial charge in [0.2, 0.25) is 0 Å². The lowest BCUT2D eigenvalue weighted by atomic mass is 10.1. The molecule has 0 radical (unpaired) electrons. The Morgan fingerprint density at radius 1 is 1.21 bits per heavy atom. The summed E-state index contributed by atoms with van der Waals surface area (Å²) in [6, 6.07) is 10.3. The molecule has 0 amide bonds. The van der Waals surface area contributed by atoms with Crippen LogP contribution >= 0.6 is 0 Å². The van der Waals surface area contributed by atoms with Crippen molar-refractivity contribution in [2.24, 2.45) is 0 Å². The largest absolute Gasteiger partial charge is 0.380 e. The lowest BCUT2D eigenvalue weighted by molar-refractivity contribution is 0.140. The van der Waals surface area contributed by atoms with Gasteiger partial charge in [-0.25, -0.2) is 0 Å². The maximum absolute atomic E-state index is 5.45. The number of benzene rings is 1. The molecule has 1 heterocycles. The molecule has 1 aromatic heterocycles. The minimum Gasteiger partial charge on any atom is -0.380 e. The van der Waals surface area contributed by atoms with Gasteiger partial charge in [-0.3, -0.25) is 4.98 Å². The van der Waals surface area contributed by atoms with Crippen molar-refractivity contribution in [2.45, 2.75) is 13.0 Å².